The molecular formula is C30H40ClFN4O5S. The molecule has 1 heterocycles. The summed E-state index contributed by atoms with van der Waals surface area (Å²) < 4.78 is 48.1. The van der Waals surface area contributed by atoms with Crippen LogP contribution in [0.5, 0.6) is 0 Å². The number of methoxy groups -OCH3 is 1. The first kappa shape index (κ1) is 32.2. The van der Waals surface area contributed by atoms with Crippen molar-refractivity contribution in [1.82, 2.24) is 14.9 Å². The fourth-order valence-corrected chi connectivity index (χ4v) is 8.30. The zero-order valence-corrected chi connectivity index (χ0v) is 26.0. The average Bonchev–Trinajstić information content (AvgIpc) is 3.78. The molecule has 0 bridgehead atoms. The monoisotopic (exact) mass is 622 g/mol. The number of amides is 2. The van der Waals surface area contributed by atoms with Crippen LogP contribution in [-0.2, 0) is 26.0 Å². The Balaban J connectivity index is 1.59. The summed E-state index contributed by atoms with van der Waals surface area (Å²) in [6, 6.07) is 9.90. The fraction of sp³-hybridized carbons (Fsp3) is 0.533. The molecule has 12 heteroatoms. The molecule has 2 fully saturated rings. The van der Waals surface area contributed by atoms with Gasteiger partial charge in [0.25, 0.3) is 0 Å². The average molecular weight is 623 g/mol. The Labute approximate surface area is 252 Å². The van der Waals surface area contributed by atoms with Crippen molar-refractivity contribution in [1.29, 1.82) is 0 Å². The molecule has 0 spiro atoms. The Morgan fingerprint density at radius 1 is 1.17 bits per heavy atom. The minimum absolute atomic E-state index is 0.0939. The highest BCUT2D eigenvalue weighted by molar-refractivity contribution is 7.90. The first-order chi connectivity index (χ1) is 19.9. The lowest BCUT2D eigenvalue weighted by Crippen LogP contribution is -2.59. The van der Waals surface area contributed by atoms with Gasteiger partial charge in [-0.25, -0.2) is 17.6 Å². The molecule has 1 saturated carbocycles. The summed E-state index contributed by atoms with van der Waals surface area (Å²) >= 11 is 6.25. The number of anilines is 1. The third-order valence-corrected chi connectivity index (χ3v) is 10.8. The Bertz CT molecular complexity index is 1390. The molecule has 1 saturated heterocycles. The number of carbonyl (C=O) groups excluding carboxylic acids is 2. The van der Waals surface area contributed by atoms with Gasteiger partial charge in [0.1, 0.15) is 11.9 Å². The summed E-state index contributed by atoms with van der Waals surface area (Å²) in [5, 5.41) is 8.94. The fourth-order valence-electron chi connectivity index (χ4n) is 5.86. The number of benzene rings is 2. The van der Waals surface area contributed by atoms with E-state index < -0.39 is 39.8 Å². The van der Waals surface area contributed by atoms with Gasteiger partial charge in [-0.2, -0.15) is 4.31 Å². The van der Waals surface area contributed by atoms with Crippen molar-refractivity contribution in [2.75, 3.05) is 25.5 Å². The van der Waals surface area contributed by atoms with Crippen LogP contribution in [0.2, 0.25) is 5.02 Å². The lowest BCUT2D eigenvalue weighted by Gasteiger charge is -2.40. The summed E-state index contributed by atoms with van der Waals surface area (Å²) in [4.78, 5) is 26.1. The van der Waals surface area contributed by atoms with Crippen molar-refractivity contribution in [2.24, 2.45) is 5.92 Å². The highest BCUT2D eigenvalue weighted by Gasteiger charge is 2.45. The van der Waals surface area contributed by atoms with E-state index in [4.69, 9.17) is 16.3 Å². The van der Waals surface area contributed by atoms with Crippen LogP contribution in [0.3, 0.4) is 0 Å². The molecule has 1 aliphatic heterocycles. The lowest BCUT2D eigenvalue weighted by atomic mass is 9.82. The second kappa shape index (κ2) is 13.7. The first-order valence-corrected chi connectivity index (χ1v) is 16.2. The number of hydrogen-bond acceptors (Lipinski definition) is 6. The number of nitrogens with one attached hydrogen (secondary N) is 3. The zero-order valence-electron chi connectivity index (χ0n) is 24.4. The van der Waals surface area contributed by atoms with Gasteiger partial charge in [-0.05, 0) is 68.4 Å². The van der Waals surface area contributed by atoms with Crippen molar-refractivity contribution < 1.29 is 27.1 Å². The van der Waals surface area contributed by atoms with E-state index in [1.165, 1.54) is 19.2 Å². The predicted molar refractivity (Wildman–Crippen MR) is 162 cm³/mol. The number of piperazine rings is 1. The number of alkyl carbamates (subject to hydrolysis) is 1. The molecule has 230 valence electrons. The Morgan fingerprint density at radius 2 is 1.88 bits per heavy atom. The molecule has 1 aliphatic carbocycles. The summed E-state index contributed by atoms with van der Waals surface area (Å²) in [5.74, 6) is -1.62. The first-order valence-electron chi connectivity index (χ1n) is 14.3. The molecule has 1 unspecified atom stereocenters. The molecule has 2 aliphatic rings. The van der Waals surface area contributed by atoms with Crippen LogP contribution < -0.4 is 16.0 Å². The van der Waals surface area contributed by atoms with Crippen LogP contribution in [0.15, 0.2) is 42.5 Å². The van der Waals surface area contributed by atoms with Gasteiger partial charge in [0.2, 0.25) is 15.9 Å². The van der Waals surface area contributed by atoms with E-state index in [-0.39, 0.29) is 40.9 Å². The molecule has 2 aromatic carbocycles. The molecule has 0 aromatic heterocycles. The van der Waals surface area contributed by atoms with E-state index >= 15 is 4.39 Å². The Hall–Kier alpha value is -2.73. The van der Waals surface area contributed by atoms with E-state index in [1.807, 2.05) is 26.8 Å². The SMILES string of the molecule is COC(=O)N[C@H](C(=O)Nc1cccc(F)c1CC[C@H]1CNC[C@H](C)N1S(=O)(=O)C1CC1)C(c1cccc(Cl)c1)C(C)C. The van der Waals surface area contributed by atoms with Gasteiger partial charge in [-0.1, -0.05) is 43.6 Å². The maximum Gasteiger partial charge on any atom is 0.407 e. The number of halogens is 2. The summed E-state index contributed by atoms with van der Waals surface area (Å²) in [6.07, 6.45) is 1.13. The number of hydrogen-bond donors (Lipinski definition) is 3. The number of sulfonamides is 1. The van der Waals surface area contributed by atoms with Gasteiger partial charge in [0.05, 0.1) is 12.4 Å². The van der Waals surface area contributed by atoms with E-state index in [9.17, 15) is 18.0 Å². The maximum absolute atomic E-state index is 15.3. The molecule has 3 N–H and O–H groups in total. The molecule has 2 aromatic rings. The second-order valence-electron chi connectivity index (χ2n) is 11.5. The molecule has 42 heavy (non-hydrogen) atoms. The number of rotatable bonds is 11. The highest BCUT2D eigenvalue weighted by atomic mass is 35.5. The van der Waals surface area contributed by atoms with Crippen LogP contribution in [0.1, 0.15) is 57.1 Å². The molecule has 9 nitrogen and oxygen atoms in total. The molecule has 4 atom stereocenters. The topological polar surface area (TPSA) is 117 Å². The zero-order chi connectivity index (χ0) is 30.6. The van der Waals surface area contributed by atoms with Crippen LogP contribution in [-0.4, -0.2) is 68.3 Å². The van der Waals surface area contributed by atoms with Crippen LogP contribution in [0, 0.1) is 11.7 Å². The smallest absolute Gasteiger partial charge is 0.407 e. The Morgan fingerprint density at radius 3 is 2.52 bits per heavy atom. The van der Waals surface area contributed by atoms with Crippen molar-refractivity contribution in [2.45, 2.75) is 75.7 Å². The molecular weight excluding hydrogens is 583 g/mol. The van der Waals surface area contributed by atoms with E-state index in [0.717, 1.165) is 5.56 Å². The maximum atomic E-state index is 15.3. The minimum Gasteiger partial charge on any atom is -0.453 e. The lowest BCUT2D eigenvalue weighted by molar-refractivity contribution is -0.118. The van der Waals surface area contributed by atoms with Crippen molar-refractivity contribution in [3.63, 3.8) is 0 Å². The second-order valence-corrected chi connectivity index (χ2v) is 14.0. The molecule has 0 radical (unpaired) electrons. The minimum atomic E-state index is -3.43. The van der Waals surface area contributed by atoms with Gasteiger partial charge < -0.3 is 20.7 Å². The van der Waals surface area contributed by atoms with Crippen LogP contribution in [0.4, 0.5) is 14.9 Å². The predicted octanol–water partition coefficient (Wildman–Crippen LogP) is 4.67. The molecule has 2 amide bonds. The summed E-state index contributed by atoms with van der Waals surface area (Å²) in [6.45, 7) is 6.76. The van der Waals surface area contributed by atoms with Crippen molar-refractivity contribution in [3.8, 4) is 0 Å². The van der Waals surface area contributed by atoms with Crippen molar-refractivity contribution >= 4 is 39.3 Å². The van der Waals surface area contributed by atoms with Gasteiger partial charge in [0.15, 0.2) is 0 Å². The quantitative estimate of drug-likeness (QED) is 0.335. The van der Waals surface area contributed by atoms with Gasteiger partial charge in [0, 0.05) is 47.4 Å². The number of ether oxygens (including phenoxy) is 1. The van der Waals surface area contributed by atoms with Crippen molar-refractivity contribution in [3.05, 3.63) is 64.4 Å². The highest BCUT2D eigenvalue weighted by Crippen LogP contribution is 2.35. The largest absolute Gasteiger partial charge is 0.453 e. The van der Waals surface area contributed by atoms with Gasteiger partial charge in [-0.3, -0.25) is 4.79 Å². The third-order valence-electron chi connectivity index (χ3n) is 8.01. The van der Waals surface area contributed by atoms with Crippen LogP contribution in [0.25, 0.3) is 0 Å². The van der Waals surface area contributed by atoms with Crippen LogP contribution >= 0.6 is 11.6 Å². The van der Waals surface area contributed by atoms with E-state index in [1.54, 1.807) is 28.6 Å². The van der Waals surface area contributed by atoms with Gasteiger partial charge >= 0.3 is 6.09 Å². The number of carbonyl (C=O) groups is 2. The molecule has 4 rings (SSSR count). The number of nitrogens with zero attached hydrogens (tertiary/aromatic N) is 1. The summed E-state index contributed by atoms with van der Waals surface area (Å²) in [5.41, 5.74) is 1.29. The third kappa shape index (κ3) is 7.42. The summed E-state index contributed by atoms with van der Waals surface area (Å²) in [7, 11) is -2.22. The standard InChI is InChI=1S/C30H40ClFN4O5S/c1-18(2)27(20-7-5-8-21(31)15-20)28(35-30(38)41-4)29(37)34-26-10-6-9-25(32)24(26)14-11-22-17-33-16-19(3)36(22)42(39,40)23-12-13-23/h5-10,15,18-19,22-23,27-28,33H,11-14,16-17H2,1-4H3,(H,34,37)(H,35,38)/t19-,22-,27?,28-/m0/s1. The van der Waals surface area contributed by atoms with E-state index in [0.29, 0.717) is 37.4 Å². The Kier molecular flexibility index (Phi) is 10.5. The normalized spacial score (nSPS) is 21.0. The van der Waals surface area contributed by atoms with Gasteiger partial charge in [-0.15, -0.1) is 0 Å². The van der Waals surface area contributed by atoms with E-state index in [2.05, 4.69) is 16.0 Å².